The number of allylic oxidation sites excluding steroid dienone is 2. The number of carbonyl (C=O) groups is 2. The predicted octanol–water partition coefficient (Wildman–Crippen LogP) is -0.429. The standard InChI is InChI=1S/C10H18N4O3/c1-7(3-5-9(15)13-11)17-8(2)4-6-10(16)14-12/h1-6,11-12H2,(H,13,15)(H,14,16). The molecule has 0 aromatic carbocycles. The lowest BCUT2D eigenvalue weighted by Gasteiger charge is -2.10. The largest absolute Gasteiger partial charge is 0.467 e. The fourth-order valence-electron chi connectivity index (χ4n) is 0.956. The highest BCUT2D eigenvalue weighted by Gasteiger charge is 2.05. The van der Waals surface area contributed by atoms with E-state index in [0.29, 0.717) is 24.4 Å². The molecule has 0 aromatic rings. The monoisotopic (exact) mass is 242 g/mol. The fraction of sp³-hybridized carbons (Fsp3) is 0.400. The summed E-state index contributed by atoms with van der Waals surface area (Å²) in [6, 6.07) is 0. The molecule has 7 heteroatoms. The molecule has 2 amide bonds. The molecule has 0 aliphatic rings. The summed E-state index contributed by atoms with van der Waals surface area (Å²) in [5.74, 6) is 10.0. The van der Waals surface area contributed by atoms with Crippen LogP contribution in [0.25, 0.3) is 0 Å². The summed E-state index contributed by atoms with van der Waals surface area (Å²) in [5.41, 5.74) is 3.99. The van der Waals surface area contributed by atoms with E-state index in [0.717, 1.165) is 0 Å². The van der Waals surface area contributed by atoms with E-state index in [2.05, 4.69) is 13.2 Å². The van der Waals surface area contributed by atoms with E-state index in [-0.39, 0.29) is 24.7 Å². The maximum Gasteiger partial charge on any atom is 0.234 e. The normalized spacial score (nSPS) is 9.29. The zero-order valence-corrected chi connectivity index (χ0v) is 9.62. The molecule has 0 saturated carbocycles. The van der Waals surface area contributed by atoms with Crippen molar-refractivity contribution in [2.45, 2.75) is 25.7 Å². The van der Waals surface area contributed by atoms with Crippen molar-refractivity contribution in [1.29, 1.82) is 0 Å². The van der Waals surface area contributed by atoms with Crippen molar-refractivity contribution in [3.8, 4) is 0 Å². The summed E-state index contributed by atoms with van der Waals surface area (Å²) in [4.78, 5) is 21.7. The second-order valence-electron chi connectivity index (χ2n) is 3.31. The third kappa shape index (κ3) is 8.00. The average Bonchev–Trinajstić information content (AvgIpc) is 2.32. The Morgan fingerprint density at radius 2 is 1.24 bits per heavy atom. The first-order chi connectivity index (χ1) is 7.99. The molecule has 0 bridgehead atoms. The third-order valence-corrected chi connectivity index (χ3v) is 1.87. The van der Waals surface area contributed by atoms with Gasteiger partial charge >= 0.3 is 0 Å². The van der Waals surface area contributed by atoms with Gasteiger partial charge in [0.05, 0.1) is 11.5 Å². The van der Waals surface area contributed by atoms with Crippen LogP contribution in [0, 0.1) is 0 Å². The Morgan fingerprint density at radius 1 is 0.882 bits per heavy atom. The molecule has 96 valence electrons. The van der Waals surface area contributed by atoms with Crippen molar-refractivity contribution >= 4 is 11.8 Å². The molecule has 0 unspecified atom stereocenters. The maximum atomic E-state index is 10.8. The molecule has 17 heavy (non-hydrogen) atoms. The Balaban J connectivity index is 3.77. The number of nitrogens with one attached hydrogen (secondary N) is 2. The van der Waals surface area contributed by atoms with Crippen molar-refractivity contribution < 1.29 is 14.3 Å². The van der Waals surface area contributed by atoms with Crippen molar-refractivity contribution in [3.63, 3.8) is 0 Å². The van der Waals surface area contributed by atoms with Gasteiger partial charge in [0.1, 0.15) is 0 Å². The Labute approximate surface area is 99.8 Å². The minimum absolute atomic E-state index is 0.186. The van der Waals surface area contributed by atoms with Gasteiger partial charge in [-0.05, 0) is 0 Å². The minimum Gasteiger partial charge on any atom is -0.467 e. The van der Waals surface area contributed by atoms with Crippen LogP contribution in [0.1, 0.15) is 25.7 Å². The van der Waals surface area contributed by atoms with Gasteiger partial charge in [0.2, 0.25) is 11.8 Å². The smallest absolute Gasteiger partial charge is 0.234 e. The van der Waals surface area contributed by atoms with Crippen LogP contribution >= 0.6 is 0 Å². The number of ether oxygens (including phenoxy) is 1. The maximum absolute atomic E-state index is 10.8. The Kier molecular flexibility index (Phi) is 7.40. The van der Waals surface area contributed by atoms with Crippen LogP contribution in [0.2, 0.25) is 0 Å². The minimum atomic E-state index is -0.303. The van der Waals surface area contributed by atoms with E-state index in [1.165, 1.54) is 0 Å². The van der Waals surface area contributed by atoms with Crippen LogP contribution < -0.4 is 22.5 Å². The summed E-state index contributed by atoms with van der Waals surface area (Å²) < 4.78 is 5.21. The van der Waals surface area contributed by atoms with Crippen LogP contribution in [-0.4, -0.2) is 11.8 Å². The van der Waals surface area contributed by atoms with Crippen molar-refractivity contribution in [2.24, 2.45) is 11.7 Å². The first-order valence-electron chi connectivity index (χ1n) is 5.02. The van der Waals surface area contributed by atoms with Crippen LogP contribution in [0.15, 0.2) is 24.7 Å². The van der Waals surface area contributed by atoms with E-state index in [4.69, 9.17) is 16.4 Å². The molecule has 0 atom stereocenters. The second-order valence-corrected chi connectivity index (χ2v) is 3.31. The molecule has 0 heterocycles. The highest BCUT2D eigenvalue weighted by atomic mass is 16.5. The molecule has 0 aliphatic carbocycles. The first-order valence-corrected chi connectivity index (χ1v) is 5.02. The second kappa shape index (κ2) is 8.31. The van der Waals surface area contributed by atoms with Gasteiger partial charge in [0.25, 0.3) is 0 Å². The van der Waals surface area contributed by atoms with Gasteiger partial charge in [-0.2, -0.15) is 0 Å². The molecule has 0 spiro atoms. The van der Waals surface area contributed by atoms with Crippen LogP contribution in [-0.2, 0) is 14.3 Å². The van der Waals surface area contributed by atoms with Crippen LogP contribution in [0.4, 0.5) is 0 Å². The van der Waals surface area contributed by atoms with Gasteiger partial charge < -0.3 is 4.74 Å². The summed E-state index contributed by atoms with van der Waals surface area (Å²) in [5, 5.41) is 0. The average molecular weight is 242 g/mol. The number of amides is 2. The number of rotatable bonds is 8. The Bertz CT molecular complexity index is 285. The Morgan fingerprint density at radius 3 is 1.53 bits per heavy atom. The van der Waals surface area contributed by atoms with Crippen molar-refractivity contribution in [2.75, 3.05) is 0 Å². The molecule has 6 N–H and O–H groups in total. The van der Waals surface area contributed by atoms with E-state index in [1.807, 2.05) is 10.9 Å². The van der Waals surface area contributed by atoms with Gasteiger partial charge in [0.15, 0.2) is 0 Å². The van der Waals surface area contributed by atoms with E-state index >= 15 is 0 Å². The zero-order valence-electron chi connectivity index (χ0n) is 9.62. The highest BCUT2D eigenvalue weighted by molar-refractivity contribution is 5.75. The van der Waals surface area contributed by atoms with Crippen LogP contribution in [0.3, 0.4) is 0 Å². The molecule has 0 radical (unpaired) electrons. The lowest BCUT2D eigenvalue weighted by Crippen LogP contribution is -2.30. The van der Waals surface area contributed by atoms with Crippen molar-refractivity contribution in [3.05, 3.63) is 24.7 Å². The van der Waals surface area contributed by atoms with Gasteiger partial charge in [0, 0.05) is 25.7 Å². The molecular formula is C10H18N4O3. The summed E-state index contributed by atoms with van der Waals surface area (Å²) in [6.45, 7) is 7.24. The molecule has 0 fully saturated rings. The van der Waals surface area contributed by atoms with Crippen LogP contribution in [0.5, 0.6) is 0 Å². The van der Waals surface area contributed by atoms with Crippen molar-refractivity contribution in [1.82, 2.24) is 10.9 Å². The van der Waals surface area contributed by atoms with E-state index in [1.54, 1.807) is 0 Å². The molecular weight excluding hydrogens is 224 g/mol. The number of hydrazine groups is 2. The first kappa shape index (κ1) is 15.1. The number of carbonyl (C=O) groups excluding carboxylic acids is 2. The number of nitrogens with two attached hydrogens (primary N) is 2. The quantitative estimate of drug-likeness (QED) is 0.199. The topological polar surface area (TPSA) is 119 Å². The molecule has 0 aromatic heterocycles. The van der Waals surface area contributed by atoms with E-state index in [9.17, 15) is 9.59 Å². The van der Waals surface area contributed by atoms with Gasteiger partial charge in [-0.15, -0.1) is 0 Å². The summed E-state index contributed by atoms with van der Waals surface area (Å²) in [7, 11) is 0. The molecule has 0 aliphatic heterocycles. The van der Waals surface area contributed by atoms with Gasteiger partial charge in [-0.3, -0.25) is 20.4 Å². The van der Waals surface area contributed by atoms with E-state index < -0.39 is 0 Å². The lowest BCUT2D eigenvalue weighted by atomic mass is 10.2. The molecule has 0 saturated heterocycles. The highest BCUT2D eigenvalue weighted by Crippen LogP contribution is 2.12. The SMILES string of the molecule is C=C(CCC(=O)NN)OC(=C)CCC(=O)NN. The molecule has 0 rings (SSSR count). The summed E-state index contributed by atoms with van der Waals surface area (Å²) >= 11 is 0. The number of hydrogen-bond acceptors (Lipinski definition) is 5. The summed E-state index contributed by atoms with van der Waals surface area (Å²) in [6.07, 6.45) is 1.05. The van der Waals surface area contributed by atoms with Gasteiger partial charge in [-0.1, -0.05) is 13.2 Å². The predicted molar refractivity (Wildman–Crippen MR) is 62.5 cm³/mol. The zero-order chi connectivity index (χ0) is 13.3. The lowest BCUT2D eigenvalue weighted by molar-refractivity contribution is -0.121. The number of hydrogen-bond donors (Lipinski definition) is 4. The molecule has 7 nitrogen and oxygen atoms in total. The fourth-order valence-corrected chi connectivity index (χ4v) is 0.956. The Hall–Kier alpha value is -1.86. The third-order valence-electron chi connectivity index (χ3n) is 1.87. The van der Waals surface area contributed by atoms with Gasteiger partial charge in [-0.25, -0.2) is 11.7 Å².